The van der Waals surface area contributed by atoms with Crippen LogP contribution in [0, 0.1) is 78.8 Å². The van der Waals surface area contributed by atoms with Crippen molar-refractivity contribution >= 4 is 0 Å². The fourth-order valence-corrected chi connectivity index (χ4v) is 15.0. The van der Waals surface area contributed by atoms with Crippen LogP contribution in [0.3, 0.4) is 0 Å². The number of pyridine rings is 4. The zero-order chi connectivity index (χ0) is 80.0. The minimum Gasteiger partial charge on any atom is -0.304 e. The Bertz CT molecular complexity index is 6700. The van der Waals surface area contributed by atoms with Gasteiger partial charge in [-0.2, -0.15) is 0 Å². The molecule has 4 aromatic heterocycles. The van der Waals surface area contributed by atoms with Crippen LogP contribution >= 0.6 is 0 Å². The summed E-state index contributed by atoms with van der Waals surface area (Å²) in [5, 5.41) is 0. The molecular weight excluding hydrogens is 1850 g/mol. The monoisotopic (exact) mass is 1910 g/mol. The van der Waals surface area contributed by atoms with Gasteiger partial charge in [0.25, 0.3) is 0 Å². The Hall–Kier alpha value is -13.5. The Balaban J connectivity index is 0.000000183. The summed E-state index contributed by atoms with van der Waals surface area (Å²) in [7, 11) is 0. The van der Waals surface area contributed by atoms with Crippen molar-refractivity contribution in [2.24, 2.45) is 0 Å². The van der Waals surface area contributed by atoms with Crippen LogP contribution < -0.4 is 0 Å². The number of nitrogens with zero attached hydrogens (tertiary/aromatic N) is 4. The van der Waals surface area contributed by atoms with Gasteiger partial charge >= 0.3 is 0 Å². The van der Waals surface area contributed by atoms with E-state index in [2.05, 4.69) is 175 Å². The molecule has 0 saturated carbocycles. The van der Waals surface area contributed by atoms with E-state index in [1.165, 1.54) is 24.4 Å². The third kappa shape index (κ3) is 17.6. The molecule has 14 aromatic carbocycles. The molecule has 0 N–H and O–H groups in total. The average molecular weight is 1910 g/mol. The van der Waals surface area contributed by atoms with Crippen LogP contribution in [0.15, 0.2) is 358 Å². The van der Waals surface area contributed by atoms with Gasteiger partial charge in [-0.3, -0.25) is 17.6 Å². The molecule has 0 unspecified atom stereocenters. The summed E-state index contributed by atoms with van der Waals surface area (Å²) in [6.45, 7) is 4.01. The second-order valence-electron chi connectivity index (χ2n) is 28.4. The second kappa shape index (κ2) is 35.9. The predicted octanol–water partition coefficient (Wildman–Crippen LogP) is 28.4. The fourth-order valence-electron chi connectivity index (χ4n) is 15.0. The Kier molecular flexibility index (Phi) is 24.4. The molecule has 2 radical (unpaired) electrons. The second-order valence-corrected chi connectivity index (χ2v) is 28.4. The molecule has 0 aliphatic rings. The van der Waals surface area contributed by atoms with E-state index < -0.39 is 40.7 Å². The third-order valence-electron chi connectivity index (χ3n) is 20.6. The molecule has 0 aliphatic carbocycles. The van der Waals surface area contributed by atoms with Crippen molar-refractivity contribution in [2.75, 3.05) is 0 Å². The SMILES string of the molecule is Cc1cc(-c2cc(F)c(F)cc2-c2ccc(-c3[c-]cc(F)cc3F)nc2)cc(-c2ccccc2-c2cnc(-c3[c-]cccc3)cc2-c2ccc(-c3ccccc3)cc2)c1.Cc1cc(-c2ccc(F)cc2-c2ccc(-c3[c-]cc(F)cc3F)nc2)cc(-c2ccccc2-c2cnc(-c3[c-]cccc3)cc2-c2ccc(-c3ccccc3)cc2)c1.[Ir].[Ir]. The van der Waals surface area contributed by atoms with Crippen LogP contribution in [0.25, 0.3) is 179 Å². The van der Waals surface area contributed by atoms with Gasteiger partial charge in [0.1, 0.15) is 5.82 Å². The van der Waals surface area contributed by atoms with Gasteiger partial charge in [-0.1, -0.05) is 248 Å². The summed E-state index contributed by atoms with van der Waals surface area (Å²) in [5.41, 5.74) is 27.2. The summed E-state index contributed by atoms with van der Waals surface area (Å²) in [4.78, 5) is 18.8. The largest absolute Gasteiger partial charge is 0.304 e. The van der Waals surface area contributed by atoms with Crippen molar-refractivity contribution < 1.29 is 70.9 Å². The van der Waals surface area contributed by atoms with Crippen LogP contribution in [-0.4, -0.2) is 19.9 Å². The standard InChI is InChI=1S/C53H32F4N2.C53H33F3N2.2Ir/c1-33-24-39(26-40(25-33)46-29-51(57)50(56)28-45(46)38-20-23-52(58-31-38)44-22-21-41(54)27-49(44)55)42-14-8-9-15-43(42)48-32-59-53(37-12-6-3-7-13-37)30-47(48)36-18-16-35(17-19-36)34-10-4-2-5-11-34;1-34-26-40(28-41(27-34)45-23-21-42(54)29-48(45)39-20-25-52(57-32-39)47-24-22-43(55)30-51(47)56)44-14-8-9-15-46(44)50-33-58-53(38-12-6-3-7-13-38)31-49(50)37-18-16-36(17-19-37)35-10-4-2-5-11-35;;/h2-12,14-21,23-32H,1H3;2-12,14-23,25-33H,1H3;;/q2*-2;;. The fraction of sp³-hybridized carbons (Fsp3) is 0.0189. The number of hydrogen-bond acceptors (Lipinski definition) is 4. The maximum Gasteiger partial charge on any atom is 0.159 e. The maximum atomic E-state index is 15.1. The average Bonchev–Trinajstić information content (AvgIpc) is 0.771. The van der Waals surface area contributed by atoms with Crippen LogP contribution in [0.4, 0.5) is 30.7 Å². The molecule has 13 heteroatoms. The molecule has 0 atom stereocenters. The summed E-state index contributed by atoms with van der Waals surface area (Å²) >= 11 is 0. The van der Waals surface area contributed by atoms with Crippen molar-refractivity contribution in [1.29, 1.82) is 0 Å². The van der Waals surface area contributed by atoms with Crippen LogP contribution in [0.2, 0.25) is 0 Å². The van der Waals surface area contributed by atoms with Crippen LogP contribution in [-0.2, 0) is 40.2 Å². The van der Waals surface area contributed by atoms with Gasteiger partial charge < -0.3 is 19.9 Å². The summed E-state index contributed by atoms with van der Waals surface area (Å²) in [6.07, 6.45) is 6.91. The summed E-state index contributed by atoms with van der Waals surface area (Å²) < 4.78 is 101. The first-order valence-corrected chi connectivity index (χ1v) is 37.8. The smallest absolute Gasteiger partial charge is 0.159 e. The van der Waals surface area contributed by atoms with Crippen LogP contribution in [0.5, 0.6) is 0 Å². The Morgan fingerprint density at radius 2 is 0.546 bits per heavy atom. The normalized spacial score (nSPS) is 10.9. The van der Waals surface area contributed by atoms with E-state index in [0.717, 1.165) is 164 Å². The van der Waals surface area contributed by atoms with E-state index >= 15 is 4.39 Å². The zero-order valence-electron chi connectivity index (χ0n) is 63.7. The Morgan fingerprint density at radius 1 is 0.210 bits per heavy atom. The quantitative estimate of drug-likeness (QED) is 0.0715. The molecule has 0 spiro atoms. The van der Waals surface area contributed by atoms with Crippen molar-refractivity contribution in [2.45, 2.75) is 13.8 Å². The molecule has 0 amide bonds. The summed E-state index contributed by atoms with van der Waals surface area (Å²) in [6, 6.07) is 116. The number of rotatable bonds is 16. The Morgan fingerprint density at radius 3 is 0.941 bits per heavy atom. The number of aryl methyl sites for hydroxylation is 2. The van der Waals surface area contributed by atoms with Gasteiger partial charge in [0.05, 0.1) is 0 Å². The molecule has 18 aromatic rings. The van der Waals surface area contributed by atoms with E-state index in [4.69, 9.17) is 9.97 Å². The predicted molar refractivity (Wildman–Crippen MR) is 456 cm³/mol. The van der Waals surface area contributed by atoms with Crippen molar-refractivity contribution in [1.82, 2.24) is 19.9 Å². The molecule has 0 fully saturated rings. The molecule has 580 valence electrons. The molecule has 18 rings (SSSR count). The van der Waals surface area contributed by atoms with Gasteiger partial charge in [-0.25, -0.2) is 13.2 Å². The van der Waals surface area contributed by atoms with Gasteiger partial charge in [0.15, 0.2) is 11.6 Å². The molecule has 119 heavy (non-hydrogen) atoms. The molecule has 0 bridgehead atoms. The van der Waals surface area contributed by atoms with E-state index in [9.17, 15) is 26.3 Å². The summed E-state index contributed by atoms with van der Waals surface area (Å²) in [5.74, 6) is -5.43. The first kappa shape index (κ1) is 80.7. The van der Waals surface area contributed by atoms with E-state index in [0.29, 0.717) is 39.1 Å². The van der Waals surface area contributed by atoms with Crippen molar-refractivity contribution in [3.8, 4) is 179 Å². The maximum absolute atomic E-state index is 15.1. The van der Waals surface area contributed by atoms with Gasteiger partial charge in [-0.05, 0) is 207 Å². The zero-order valence-corrected chi connectivity index (χ0v) is 68.5. The van der Waals surface area contributed by atoms with Crippen molar-refractivity contribution in [3.63, 3.8) is 0 Å². The number of benzene rings is 14. The first-order valence-electron chi connectivity index (χ1n) is 37.8. The minimum atomic E-state index is -1.02. The molecular formula is C106H65F7Ir2N4-4. The Labute approximate surface area is 712 Å². The van der Waals surface area contributed by atoms with Crippen molar-refractivity contribution in [3.05, 3.63) is 435 Å². The molecule has 0 saturated heterocycles. The first-order chi connectivity index (χ1) is 57.2. The van der Waals surface area contributed by atoms with E-state index in [1.54, 1.807) is 36.5 Å². The van der Waals surface area contributed by atoms with E-state index in [1.807, 2.05) is 141 Å². The number of hydrogen-bond donors (Lipinski definition) is 0. The topological polar surface area (TPSA) is 51.6 Å². The van der Waals surface area contributed by atoms with Gasteiger partial charge in [0.2, 0.25) is 0 Å². The number of halogens is 7. The molecule has 4 nitrogen and oxygen atoms in total. The number of aromatic nitrogens is 4. The van der Waals surface area contributed by atoms with Gasteiger partial charge in [-0.15, -0.1) is 96.1 Å². The molecule has 0 aliphatic heterocycles. The van der Waals surface area contributed by atoms with Gasteiger partial charge in [0, 0.05) is 99.4 Å². The minimum absolute atomic E-state index is 0. The van der Waals surface area contributed by atoms with E-state index in [-0.39, 0.29) is 57.0 Å². The third-order valence-corrected chi connectivity index (χ3v) is 20.6. The van der Waals surface area contributed by atoms with Crippen LogP contribution in [0.1, 0.15) is 11.1 Å². The molecule has 4 heterocycles.